The Balaban J connectivity index is 2.10. The number of hydrogen-bond donors (Lipinski definition) is 1. The van der Waals surface area contributed by atoms with Crippen molar-refractivity contribution in [3.05, 3.63) is 0 Å². The average Bonchev–Trinajstić information content (AvgIpc) is 3.04. The van der Waals surface area contributed by atoms with Gasteiger partial charge in [0.25, 0.3) is 0 Å². The van der Waals surface area contributed by atoms with Crippen molar-refractivity contribution in [2.75, 3.05) is 23.7 Å². The lowest BCUT2D eigenvalue weighted by molar-refractivity contribution is -0.133. The number of aromatic nitrogens is 3. The Morgan fingerprint density at radius 1 is 1.38 bits per heavy atom. The minimum absolute atomic E-state index is 0.0281. The second-order valence-electron chi connectivity index (χ2n) is 5.51. The molecule has 2 rings (SSSR count). The van der Waals surface area contributed by atoms with Gasteiger partial charge in [0.05, 0.1) is 5.75 Å². The molecular weight excluding hydrogens is 288 g/mol. The van der Waals surface area contributed by atoms with Crippen LogP contribution in [-0.2, 0) is 11.3 Å². The molecule has 0 amide bonds. The summed E-state index contributed by atoms with van der Waals surface area (Å²) in [5.74, 6) is 0.859. The molecule has 0 aromatic carbocycles. The van der Waals surface area contributed by atoms with Crippen LogP contribution in [0, 0.1) is 5.92 Å². The summed E-state index contributed by atoms with van der Waals surface area (Å²) in [6.07, 6.45) is 4.68. The Morgan fingerprint density at radius 3 is 2.86 bits per heavy atom. The number of carboxylic acids is 1. The maximum Gasteiger partial charge on any atom is 0.313 e. The van der Waals surface area contributed by atoms with Crippen LogP contribution < -0.4 is 4.90 Å². The van der Waals surface area contributed by atoms with Crippen molar-refractivity contribution in [2.45, 2.75) is 51.2 Å². The summed E-state index contributed by atoms with van der Waals surface area (Å²) < 4.78 is 2.07. The summed E-state index contributed by atoms with van der Waals surface area (Å²) >= 11 is 1.25. The number of aliphatic carboxylic acids is 1. The highest BCUT2D eigenvalue weighted by molar-refractivity contribution is 7.99. The number of hydrogen-bond acceptors (Lipinski definition) is 5. The van der Waals surface area contributed by atoms with E-state index in [0.717, 1.165) is 37.9 Å². The molecule has 1 unspecified atom stereocenters. The monoisotopic (exact) mass is 312 g/mol. The van der Waals surface area contributed by atoms with Crippen molar-refractivity contribution in [1.29, 1.82) is 0 Å². The van der Waals surface area contributed by atoms with E-state index in [1.54, 1.807) is 0 Å². The number of thioether (sulfide) groups is 1. The highest BCUT2D eigenvalue weighted by Gasteiger charge is 2.26. The van der Waals surface area contributed by atoms with Gasteiger partial charge in [0.1, 0.15) is 0 Å². The first-order chi connectivity index (χ1) is 10.2. The fourth-order valence-corrected chi connectivity index (χ4v) is 3.51. The molecule has 1 atom stereocenters. The summed E-state index contributed by atoms with van der Waals surface area (Å²) in [6, 6.07) is 0. The minimum Gasteiger partial charge on any atom is -0.481 e. The van der Waals surface area contributed by atoms with Gasteiger partial charge < -0.3 is 10.0 Å². The van der Waals surface area contributed by atoms with E-state index in [0.29, 0.717) is 5.16 Å². The first-order valence-electron chi connectivity index (χ1n) is 7.68. The smallest absolute Gasteiger partial charge is 0.313 e. The highest BCUT2D eigenvalue weighted by atomic mass is 32.2. The average molecular weight is 312 g/mol. The van der Waals surface area contributed by atoms with Crippen molar-refractivity contribution in [1.82, 2.24) is 14.8 Å². The summed E-state index contributed by atoms with van der Waals surface area (Å²) in [5.41, 5.74) is 0. The summed E-state index contributed by atoms with van der Waals surface area (Å²) in [6.45, 7) is 7.23. The molecule has 7 heteroatoms. The van der Waals surface area contributed by atoms with Gasteiger partial charge >= 0.3 is 5.97 Å². The molecule has 1 aromatic rings. The van der Waals surface area contributed by atoms with E-state index in [1.807, 2.05) is 0 Å². The van der Waals surface area contributed by atoms with Crippen LogP contribution in [0.5, 0.6) is 0 Å². The molecule has 21 heavy (non-hydrogen) atoms. The number of anilines is 1. The summed E-state index contributed by atoms with van der Waals surface area (Å²) in [4.78, 5) is 13.0. The van der Waals surface area contributed by atoms with E-state index in [2.05, 4.69) is 33.5 Å². The molecule has 0 aliphatic carbocycles. The van der Waals surface area contributed by atoms with E-state index >= 15 is 0 Å². The van der Waals surface area contributed by atoms with Gasteiger partial charge in [0, 0.05) is 19.6 Å². The minimum atomic E-state index is -0.822. The Labute approximate surface area is 129 Å². The zero-order chi connectivity index (χ0) is 15.2. The molecule has 118 valence electrons. The van der Waals surface area contributed by atoms with Crippen molar-refractivity contribution in [3.8, 4) is 0 Å². The lowest BCUT2D eigenvalue weighted by Gasteiger charge is -2.18. The van der Waals surface area contributed by atoms with Crippen LogP contribution in [0.25, 0.3) is 0 Å². The van der Waals surface area contributed by atoms with Crippen LogP contribution in [-0.4, -0.2) is 44.7 Å². The fraction of sp³-hybridized carbons (Fsp3) is 0.786. The van der Waals surface area contributed by atoms with Crippen molar-refractivity contribution in [2.24, 2.45) is 5.92 Å². The van der Waals surface area contributed by atoms with Gasteiger partial charge in [-0.2, -0.15) is 0 Å². The van der Waals surface area contributed by atoms with Crippen LogP contribution >= 0.6 is 11.8 Å². The molecule has 1 aromatic heterocycles. The number of carbonyl (C=O) groups is 1. The van der Waals surface area contributed by atoms with Crippen molar-refractivity contribution < 1.29 is 9.90 Å². The van der Waals surface area contributed by atoms with Crippen LogP contribution in [0.3, 0.4) is 0 Å². The zero-order valence-corrected chi connectivity index (χ0v) is 13.6. The second-order valence-corrected chi connectivity index (χ2v) is 6.45. The first kappa shape index (κ1) is 16.1. The predicted octanol–water partition coefficient (Wildman–Crippen LogP) is 2.49. The normalized spacial score (nSPS) is 18.4. The summed E-state index contributed by atoms with van der Waals surface area (Å²) in [7, 11) is 0. The van der Waals surface area contributed by atoms with E-state index in [9.17, 15) is 4.79 Å². The molecular formula is C14H24N4O2S. The zero-order valence-electron chi connectivity index (χ0n) is 12.8. The van der Waals surface area contributed by atoms with Gasteiger partial charge in [-0.1, -0.05) is 32.0 Å². The van der Waals surface area contributed by atoms with Crippen molar-refractivity contribution >= 4 is 23.7 Å². The third kappa shape index (κ3) is 4.12. The predicted molar refractivity (Wildman–Crippen MR) is 83.9 cm³/mol. The number of rotatable bonds is 8. The van der Waals surface area contributed by atoms with Gasteiger partial charge in [0.2, 0.25) is 5.95 Å². The SMILES string of the molecule is CCCC1CCN(c2nnc(SCC(=O)O)n2CCC)C1. The highest BCUT2D eigenvalue weighted by Crippen LogP contribution is 2.28. The Morgan fingerprint density at radius 2 is 2.19 bits per heavy atom. The van der Waals surface area contributed by atoms with Gasteiger partial charge in [-0.05, 0) is 25.2 Å². The maximum absolute atomic E-state index is 10.7. The molecule has 2 heterocycles. The molecule has 1 aliphatic rings. The van der Waals surface area contributed by atoms with Gasteiger partial charge in [0.15, 0.2) is 5.16 Å². The van der Waals surface area contributed by atoms with Gasteiger partial charge in [-0.3, -0.25) is 9.36 Å². The Bertz CT molecular complexity index is 478. The van der Waals surface area contributed by atoms with Crippen LogP contribution in [0.2, 0.25) is 0 Å². The molecule has 6 nitrogen and oxygen atoms in total. The molecule has 1 fully saturated rings. The van der Waals surface area contributed by atoms with E-state index in [-0.39, 0.29) is 5.75 Å². The molecule has 1 N–H and O–H groups in total. The molecule has 0 radical (unpaired) electrons. The second kappa shape index (κ2) is 7.68. The molecule has 0 spiro atoms. The Kier molecular flexibility index (Phi) is 5.90. The quantitative estimate of drug-likeness (QED) is 0.744. The fourth-order valence-electron chi connectivity index (χ4n) is 2.83. The van der Waals surface area contributed by atoms with Gasteiger partial charge in [-0.25, -0.2) is 0 Å². The van der Waals surface area contributed by atoms with Gasteiger partial charge in [-0.15, -0.1) is 10.2 Å². The van der Waals surface area contributed by atoms with Crippen LogP contribution in [0.4, 0.5) is 5.95 Å². The molecule has 1 saturated heterocycles. The Hall–Kier alpha value is -1.24. The molecule has 1 aliphatic heterocycles. The van der Waals surface area contributed by atoms with E-state index in [1.165, 1.54) is 31.0 Å². The van der Waals surface area contributed by atoms with E-state index < -0.39 is 5.97 Å². The maximum atomic E-state index is 10.7. The molecule has 0 bridgehead atoms. The summed E-state index contributed by atoms with van der Waals surface area (Å²) in [5, 5.41) is 18.0. The lowest BCUT2D eigenvalue weighted by Crippen LogP contribution is -2.24. The van der Waals surface area contributed by atoms with E-state index in [4.69, 9.17) is 5.11 Å². The van der Waals surface area contributed by atoms with Crippen LogP contribution in [0.15, 0.2) is 5.16 Å². The third-order valence-electron chi connectivity index (χ3n) is 3.73. The van der Waals surface area contributed by atoms with Crippen LogP contribution in [0.1, 0.15) is 39.5 Å². The topological polar surface area (TPSA) is 71.2 Å². The number of carboxylic acid groups (broad SMARTS) is 1. The standard InChI is InChI=1S/C14H24N4O2S/c1-3-5-11-6-8-17(9-11)13-15-16-14(18(13)7-4-2)21-10-12(19)20/h11H,3-10H2,1-2H3,(H,19,20). The third-order valence-corrected chi connectivity index (χ3v) is 4.69. The van der Waals surface area contributed by atoms with Crippen molar-refractivity contribution in [3.63, 3.8) is 0 Å². The molecule has 0 saturated carbocycles. The largest absolute Gasteiger partial charge is 0.481 e. The first-order valence-corrected chi connectivity index (χ1v) is 8.67. The lowest BCUT2D eigenvalue weighted by atomic mass is 10.0. The number of nitrogens with zero attached hydrogens (tertiary/aromatic N) is 4.